The van der Waals surface area contributed by atoms with Crippen molar-refractivity contribution in [2.24, 2.45) is 5.92 Å². The highest BCUT2D eigenvalue weighted by molar-refractivity contribution is 6.33. The number of nitrogens with one attached hydrogen (secondary N) is 1. The minimum absolute atomic E-state index is 0.0653. The standard InChI is InChI=1S/C20H24ClN3O/c1-13-6-8-24(9-7-13)20(25)16-4-5-18(22-12-16)23-19-15(3)10-14(2)11-17(19)21/h4-5,10-13H,6-9H2,1-3H3,(H,22,23). The summed E-state index contributed by atoms with van der Waals surface area (Å²) in [6.07, 6.45) is 3.79. The van der Waals surface area contributed by atoms with Crippen LogP contribution >= 0.6 is 11.6 Å². The maximum atomic E-state index is 12.6. The Bertz CT molecular complexity index is 742. The van der Waals surface area contributed by atoms with E-state index in [-0.39, 0.29) is 5.91 Å². The van der Waals surface area contributed by atoms with Crippen LogP contribution in [0.25, 0.3) is 0 Å². The fourth-order valence-electron chi connectivity index (χ4n) is 3.19. The van der Waals surface area contributed by atoms with Crippen molar-refractivity contribution in [3.05, 3.63) is 52.2 Å². The monoisotopic (exact) mass is 357 g/mol. The minimum atomic E-state index is 0.0653. The van der Waals surface area contributed by atoms with Crippen molar-refractivity contribution in [1.29, 1.82) is 0 Å². The number of halogens is 1. The summed E-state index contributed by atoms with van der Waals surface area (Å²) in [5, 5.41) is 3.92. The fourth-order valence-corrected chi connectivity index (χ4v) is 3.56. The molecule has 2 heterocycles. The molecule has 0 saturated carbocycles. The molecule has 1 N–H and O–H groups in total. The number of piperidine rings is 1. The lowest BCUT2D eigenvalue weighted by atomic mass is 9.99. The zero-order valence-electron chi connectivity index (χ0n) is 15.0. The molecule has 0 aliphatic carbocycles. The zero-order valence-corrected chi connectivity index (χ0v) is 15.7. The molecule has 0 spiro atoms. The lowest BCUT2D eigenvalue weighted by Crippen LogP contribution is -2.37. The highest BCUT2D eigenvalue weighted by Crippen LogP contribution is 2.29. The van der Waals surface area contributed by atoms with Crippen molar-refractivity contribution in [3.8, 4) is 0 Å². The number of benzene rings is 1. The van der Waals surface area contributed by atoms with E-state index in [1.807, 2.05) is 36.9 Å². The Hall–Kier alpha value is -2.07. The Morgan fingerprint density at radius 3 is 2.56 bits per heavy atom. The molecule has 1 aromatic carbocycles. The van der Waals surface area contributed by atoms with Crippen molar-refractivity contribution in [2.45, 2.75) is 33.6 Å². The van der Waals surface area contributed by atoms with Gasteiger partial charge in [0.25, 0.3) is 5.91 Å². The lowest BCUT2D eigenvalue weighted by Gasteiger charge is -2.30. The molecule has 25 heavy (non-hydrogen) atoms. The second-order valence-corrected chi connectivity index (χ2v) is 7.38. The molecule has 4 nitrogen and oxygen atoms in total. The highest BCUT2D eigenvalue weighted by Gasteiger charge is 2.21. The number of anilines is 2. The van der Waals surface area contributed by atoms with Gasteiger partial charge in [0, 0.05) is 19.3 Å². The van der Waals surface area contributed by atoms with Crippen molar-refractivity contribution in [2.75, 3.05) is 18.4 Å². The van der Waals surface area contributed by atoms with Gasteiger partial charge in [-0.1, -0.05) is 24.6 Å². The Morgan fingerprint density at radius 1 is 1.24 bits per heavy atom. The summed E-state index contributed by atoms with van der Waals surface area (Å²) in [7, 11) is 0. The summed E-state index contributed by atoms with van der Waals surface area (Å²) in [6, 6.07) is 7.65. The topological polar surface area (TPSA) is 45.2 Å². The fraction of sp³-hybridized carbons (Fsp3) is 0.400. The Morgan fingerprint density at radius 2 is 1.96 bits per heavy atom. The molecule has 2 aromatic rings. The first-order valence-corrected chi connectivity index (χ1v) is 9.11. The average molecular weight is 358 g/mol. The average Bonchev–Trinajstić information content (AvgIpc) is 2.59. The first kappa shape index (κ1) is 17.7. The van der Waals surface area contributed by atoms with Crippen molar-refractivity contribution in [1.82, 2.24) is 9.88 Å². The summed E-state index contributed by atoms with van der Waals surface area (Å²) in [6.45, 7) is 7.93. The Kier molecular flexibility index (Phi) is 5.28. The van der Waals surface area contributed by atoms with Gasteiger partial charge in [-0.15, -0.1) is 0 Å². The van der Waals surface area contributed by atoms with Crippen LogP contribution in [0, 0.1) is 19.8 Å². The van der Waals surface area contributed by atoms with Crippen LogP contribution in [0.5, 0.6) is 0 Å². The van der Waals surface area contributed by atoms with Crippen LogP contribution in [0.1, 0.15) is 41.3 Å². The van der Waals surface area contributed by atoms with Crippen LogP contribution in [0.15, 0.2) is 30.5 Å². The molecule has 1 aliphatic heterocycles. The van der Waals surface area contributed by atoms with Gasteiger partial charge in [-0.2, -0.15) is 0 Å². The van der Waals surface area contributed by atoms with Crippen LogP contribution < -0.4 is 5.32 Å². The number of carbonyl (C=O) groups is 1. The molecule has 0 radical (unpaired) electrons. The van der Waals surface area contributed by atoms with E-state index in [2.05, 4.69) is 23.3 Å². The summed E-state index contributed by atoms with van der Waals surface area (Å²) < 4.78 is 0. The largest absolute Gasteiger partial charge is 0.339 e. The molecule has 1 aliphatic rings. The van der Waals surface area contributed by atoms with Gasteiger partial charge < -0.3 is 10.2 Å². The third-order valence-corrected chi connectivity index (χ3v) is 5.06. The molecule has 5 heteroatoms. The van der Waals surface area contributed by atoms with Gasteiger partial charge in [0.15, 0.2) is 0 Å². The number of aromatic nitrogens is 1. The van der Waals surface area contributed by atoms with Crippen LogP contribution in [0.4, 0.5) is 11.5 Å². The predicted molar refractivity (Wildman–Crippen MR) is 103 cm³/mol. The summed E-state index contributed by atoms with van der Waals surface area (Å²) in [5.74, 6) is 1.45. The number of amides is 1. The second kappa shape index (κ2) is 7.44. The van der Waals surface area contributed by atoms with Gasteiger partial charge in [-0.25, -0.2) is 4.98 Å². The normalized spacial score (nSPS) is 15.3. The lowest BCUT2D eigenvalue weighted by molar-refractivity contribution is 0.0697. The van der Waals surface area contributed by atoms with Crippen LogP contribution in [0.3, 0.4) is 0 Å². The quantitative estimate of drug-likeness (QED) is 0.843. The maximum Gasteiger partial charge on any atom is 0.255 e. The number of hydrogen-bond acceptors (Lipinski definition) is 3. The molecule has 1 aromatic heterocycles. The first-order valence-electron chi connectivity index (χ1n) is 8.73. The first-order chi connectivity index (χ1) is 11.9. The van der Waals surface area contributed by atoms with E-state index in [1.54, 1.807) is 6.20 Å². The molecule has 0 atom stereocenters. The van der Waals surface area contributed by atoms with Crippen LogP contribution in [-0.4, -0.2) is 28.9 Å². The van der Waals surface area contributed by atoms with Crippen LogP contribution in [0.2, 0.25) is 5.02 Å². The highest BCUT2D eigenvalue weighted by atomic mass is 35.5. The van der Waals surface area contributed by atoms with E-state index in [0.29, 0.717) is 22.3 Å². The number of pyridine rings is 1. The van der Waals surface area contributed by atoms with Gasteiger partial charge in [0.05, 0.1) is 16.3 Å². The molecule has 132 valence electrons. The molecular formula is C20H24ClN3O. The van der Waals surface area contributed by atoms with Gasteiger partial charge in [0.2, 0.25) is 0 Å². The van der Waals surface area contributed by atoms with E-state index < -0.39 is 0 Å². The van der Waals surface area contributed by atoms with Gasteiger partial charge in [0.1, 0.15) is 5.82 Å². The van der Waals surface area contributed by atoms with Gasteiger partial charge in [-0.3, -0.25) is 4.79 Å². The third-order valence-electron chi connectivity index (χ3n) is 4.77. The second-order valence-electron chi connectivity index (χ2n) is 6.97. The third kappa shape index (κ3) is 4.13. The molecule has 1 amide bonds. The number of aryl methyl sites for hydroxylation is 2. The van der Waals surface area contributed by atoms with E-state index in [1.165, 1.54) is 0 Å². The molecular weight excluding hydrogens is 334 g/mol. The molecule has 1 saturated heterocycles. The number of rotatable bonds is 3. The summed E-state index contributed by atoms with van der Waals surface area (Å²) in [5.41, 5.74) is 3.67. The van der Waals surface area contributed by atoms with E-state index in [0.717, 1.165) is 42.7 Å². The van der Waals surface area contributed by atoms with Crippen LogP contribution in [-0.2, 0) is 0 Å². The van der Waals surface area contributed by atoms with Crippen molar-refractivity contribution in [3.63, 3.8) is 0 Å². The molecule has 3 rings (SSSR count). The minimum Gasteiger partial charge on any atom is -0.339 e. The number of hydrogen-bond donors (Lipinski definition) is 1. The maximum absolute atomic E-state index is 12.6. The smallest absolute Gasteiger partial charge is 0.255 e. The summed E-state index contributed by atoms with van der Waals surface area (Å²) in [4.78, 5) is 18.9. The summed E-state index contributed by atoms with van der Waals surface area (Å²) >= 11 is 6.33. The molecule has 0 bridgehead atoms. The van der Waals surface area contributed by atoms with Crippen molar-refractivity contribution >= 4 is 29.0 Å². The number of carbonyl (C=O) groups excluding carboxylic acids is 1. The van der Waals surface area contributed by atoms with E-state index in [9.17, 15) is 4.79 Å². The molecule has 1 fully saturated rings. The Labute approximate surface area is 154 Å². The zero-order chi connectivity index (χ0) is 18.0. The van der Waals surface area contributed by atoms with Gasteiger partial charge in [-0.05, 0) is 61.9 Å². The predicted octanol–water partition coefficient (Wildman–Crippen LogP) is 4.97. The van der Waals surface area contributed by atoms with Gasteiger partial charge >= 0.3 is 0 Å². The Balaban J connectivity index is 1.71. The van der Waals surface area contributed by atoms with E-state index in [4.69, 9.17) is 11.6 Å². The SMILES string of the molecule is Cc1cc(C)c(Nc2ccc(C(=O)N3CCC(C)CC3)cn2)c(Cl)c1. The number of likely N-dealkylation sites (tertiary alicyclic amines) is 1. The molecule has 0 unspecified atom stereocenters. The van der Waals surface area contributed by atoms with E-state index >= 15 is 0 Å². The number of nitrogens with zero attached hydrogens (tertiary/aromatic N) is 2. The van der Waals surface area contributed by atoms with Crippen molar-refractivity contribution < 1.29 is 4.79 Å².